The number of nitrogens with zero attached hydrogens (tertiary/aromatic N) is 1. The zero-order valence-corrected chi connectivity index (χ0v) is 18.9. The van der Waals surface area contributed by atoms with Crippen molar-refractivity contribution in [3.05, 3.63) is 63.2 Å². The number of nitrogens with one attached hydrogen (secondary N) is 1. The number of nitro groups is 1. The maximum atomic E-state index is 13.6. The van der Waals surface area contributed by atoms with Crippen LogP contribution in [0.1, 0.15) is 69.1 Å². The molecule has 1 fully saturated rings. The zero-order chi connectivity index (χ0) is 22.6. The van der Waals surface area contributed by atoms with Gasteiger partial charge in [-0.3, -0.25) is 14.9 Å². The SMILES string of the molecule is CC[C@H](C)Oc1c(C)cc(NC(=O)C2(c3ccc([N+](=O)[O-])cc3)CCCCC2)cc1C. The van der Waals surface area contributed by atoms with Crippen LogP contribution in [-0.4, -0.2) is 16.9 Å². The van der Waals surface area contributed by atoms with E-state index in [9.17, 15) is 14.9 Å². The van der Waals surface area contributed by atoms with Gasteiger partial charge >= 0.3 is 0 Å². The summed E-state index contributed by atoms with van der Waals surface area (Å²) in [6.07, 6.45) is 5.56. The molecular weight excluding hydrogens is 392 g/mol. The summed E-state index contributed by atoms with van der Waals surface area (Å²) in [6.45, 7) is 8.12. The molecule has 0 spiro atoms. The van der Waals surface area contributed by atoms with Gasteiger partial charge in [0.15, 0.2) is 0 Å². The molecule has 0 bridgehead atoms. The first-order valence-corrected chi connectivity index (χ1v) is 11.1. The van der Waals surface area contributed by atoms with Crippen LogP contribution in [-0.2, 0) is 10.2 Å². The molecule has 1 aliphatic carbocycles. The monoisotopic (exact) mass is 424 g/mol. The Balaban J connectivity index is 1.88. The van der Waals surface area contributed by atoms with Gasteiger partial charge in [-0.2, -0.15) is 0 Å². The second kappa shape index (κ2) is 9.50. The van der Waals surface area contributed by atoms with Crippen LogP contribution < -0.4 is 10.1 Å². The van der Waals surface area contributed by atoms with Gasteiger partial charge in [-0.1, -0.05) is 38.3 Å². The summed E-state index contributed by atoms with van der Waals surface area (Å²) in [7, 11) is 0. The number of non-ortho nitro benzene ring substituents is 1. The van der Waals surface area contributed by atoms with E-state index in [1.807, 2.05) is 32.9 Å². The lowest BCUT2D eigenvalue weighted by atomic mass is 9.68. The number of benzene rings is 2. The fourth-order valence-electron chi connectivity index (χ4n) is 4.45. The molecule has 1 amide bonds. The van der Waals surface area contributed by atoms with Crippen LogP contribution in [0.5, 0.6) is 5.75 Å². The largest absolute Gasteiger partial charge is 0.490 e. The second-order valence-electron chi connectivity index (χ2n) is 8.68. The first kappa shape index (κ1) is 22.8. The number of aryl methyl sites for hydroxylation is 2. The minimum atomic E-state index is -0.666. The summed E-state index contributed by atoms with van der Waals surface area (Å²) in [6, 6.07) is 10.4. The Bertz CT molecular complexity index is 923. The third-order valence-electron chi connectivity index (χ3n) is 6.38. The fraction of sp³-hybridized carbons (Fsp3) is 0.480. The van der Waals surface area contributed by atoms with Gasteiger partial charge in [0, 0.05) is 17.8 Å². The molecule has 1 atom stereocenters. The Morgan fingerprint density at radius 1 is 1.13 bits per heavy atom. The highest BCUT2D eigenvalue weighted by Crippen LogP contribution is 2.41. The molecule has 0 aromatic heterocycles. The summed E-state index contributed by atoms with van der Waals surface area (Å²) in [5.41, 5.74) is 2.95. The molecule has 0 unspecified atom stereocenters. The summed E-state index contributed by atoms with van der Waals surface area (Å²) in [5.74, 6) is 0.825. The quantitative estimate of drug-likeness (QED) is 0.422. The van der Waals surface area contributed by atoms with Crippen molar-refractivity contribution in [1.82, 2.24) is 0 Å². The highest BCUT2D eigenvalue weighted by atomic mass is 16.6. The number of carbonyl (C=O) groups is 1. The topological polar surface area (TPSA) is 81.5 Å². The van der Waals surface area contributed by atoms with Gasteiger partial charge in [-0.05, 0) is 68.9 Å². The smallest absolute Gasteiger partial charge is 0.269 e. The predicted octanol–water partition coefficient (Wildman–Crippen LogP) is 6.23. The fourth-order valence-corrected chi connectivity index (χ4v) is 4.45. The number of carbonyl (C=O) groups excluding carboxylic acids is 1. The Morgan fingerprint density at radius 2 is 1.71 bits per heavy atom. The minimum absolute atomic E-state index is 0.0401. The molecule has 6 heteroatoms. The molecule has 0 saturated heterocycles. The van der Waals surface area contributed by atoms with E-state index in [2.05, 4.69) is 12.2 Å². The van der Waals surface area contributed by atoms with Crippen molar-refractivity contribution >= 4 is 17.3 Å². The summed E-state index contributed by atoms with van der Waals surface area (Å²) in [5, 5.41) is 14.2. The number of ether oxygens (including phenoxy) is 1. The standard InChI is InChI=1S/C25H32N2O4/c1-5-19(4)31-23-17(2)15-21(16-18(23)3)26-24(28)25(13-7-6-8-14-25)20-9-11-22(12-10-20)27(29)30/h9-12,15-16,19H,5-8,13-14H2,1-4H3,(H,26,28)/t19-/m0/s1. The number of amides is 1. The first-order valence-electron chi connectivity index (χ1n) is 11.1. The zero-order valence-electron chi connectivity index (χ0n) is 18.9. The molecule has 3 rings (SSSR count). The summed E-state index contributed by atoms with van der Waals surface area (Å²) in [4.78, 5) is 24.2. The lowest BCUT2D eigenvalue weighted by molar-refractivity contribution is -0.384. The van der Waals surface area contributed by atoms with Gasteiger partial charge in [0.25, 0.3) is 5.69 Å². The number of anilines is 1. The minimum Gasteiger partial charge on any atom is -0.490 e. The third-order valence-corrected chi connectivity index (χ3v) is 6.38. The molecule has 2 aromatic carbocycles. The van der Waals surface area contributed by atoms with Crippen LogP contribution >= 0.6 is 0 Å². The molecular formula is C25H32N2O4. The Hall–Kier alpha value is -2.89. The van der Waals surface area contributed by atoms with Crippen LogP contribution in [0.3, 0.4) is 0 Å². The van der Waals surface area contributed by atoms with Crippen molar-refractivity contribution in [2.75, 3.05) is 5.32 Å². The summed E-state index contributed by atoms with van der Waals surface area (Å²) >= 11 is 0. The van der Waals surface area contributed by atoms with E-state index in [0.717, 1.165) is 66.7 Å². The van der Waals surface area contributed by atoms with Gasteiger partial charge in [-0.15, -0.1) is 0 Å². The van der Waals surface area contributed by atoms with Gasteiger partial charge in [0.05, 0.1) is 16.4 Å². The van der Waals surface area contributed by atoms with Crippen molar-refractivity contribution in [2.45, 2.75) is 77.7 Å². The first-order chi connectivity index (χ1) is 14.8. The van der Waals surface area contributed by atoms with E-state index in [1.165, 1.54) is 12.1 Å². The lowest BCUT2D eigenvalue weighted by Crippen LogP contribution is -2.42. The molecule has 1 N–H and O–H groups in total. The van der Waals surface area contributed by atoms with Crippen LogP contribution in [0.4, 0.5) is 11.4 Å². The maximum Gasteiger partial charge on any atom is 0.269 e. The molecule has 1 saturated carbocycles. The maximum absolute atomic E-state index is 13.6. The van der Waals surface area contributed by atoms with E-state index in [0.29, 0.717) is 0 Å². The van der Waals surface area contributed by atoms with Gasteiger partial charge in [-0.25, -0.2) is 0 Å². The normalized spacial score (nSPS) is 16.4. The number of hydrogen-bond donors (Lipinski definition) is 1. The number of rotatable bonds is 7. The van der Waals surface area contributed by atoms with Crippen LogP contribution in [0.25, 0.3) is 0 Å². The van der Waals surface area contributed by atoms with Gasteiger partial charge < -0.3 is 10.1 Å². The molecule has 166 valence electrons. The second-order valence-corrected chi connectivity index (χ2v) is 8.68. The van der Waals surface area contributed by atoms with Crippen LogP contribution in [0.2, 0.25) is 0 Å². The number of nitro benzene ring substituents is 1. The molecule has 2 aromatic rings. The van der Waals surface area contributed by atoms with Crippen molar-refractivity contribution in [3.8, 4) is 5.75 Å². The van der Waals surface area contributed by atoms with Gasteiger partial charge in [0.1, 0.15) is 5.75 Å². The molecule has 1 aliphatic rings. The lowest BCUT2D eigenvalue weighted by Gasteiger charge is -2.36. The highest BCUT2D eigenvalue weighted by molar-refractivity contribution is 5.99. The predicted molar refractivity (Wildman–Crippen MR) is 123 cm³/mol. The van der Waals surface area contributed by atoms with Crippen LogP contribution in [0, 0.1) is 24.0 Å². The van der Waals surface area contributed by atoms with E-state index in [-0.39, 0.29) is 17.7 Å². The Morgan fingerprint density at radius 3 is 2.23 bits per heavy atom. The highest BCUT2D eigenvalue weighted by Gasteiger charge is 2.41. The molecule has 0 aliphatic heterocycles. The van der Waals surface area contributed by atoms with Crippen molar-refractivity contribution in [2.24, 2.45) is 0 Å². The number of hydrogen-bond acceptors (Lipinski definition) is 4. The van der Waals surface area contributed by atoms with Gasteiger partial charge in [0.2, 0.25) is 5.91 Å². The molecule has 31 heavy (non-hydrogen) atoms. The Kier molecular flexibility index (Phi) is 6.98. The van der Waals surface area contributed by atoms with E-state index in [1.54, 1.807) is 12.1 Å². The summed E-state index contributed by atoms with van der Waals surface area (Å²) < 4.78 is 6.05. The molecule has 0 heterocycles. The van der Waals surface area contributed by atoms with E-state index < -0.39 is 10.3 Å². The van der Waals surface area contributed by atoms with Crippen molar-refractivity contribution in [1.29, 1.82) is 0 Å². The van der Waals surface area contributed by atoms with E-state index in [4.69, 9.17) is 4.74 Å². The molecule has 0 radical (unpaired) electrons. The average Bonchev–Trinajstić information content (AvgIpc) is 2.76. The molecule has 6 nitrogen and oxygen atoms in total. The Labute approximate surface area is 184 Å². The van der Waals surface area contributed by atoms with Crippen molar-refractivity contribution in [3.63, 3.8) is 0 Å². The average molecular weight is 425 g/mol. The van der Waals surface area contributed by atoms with Crippen LogP contribution in [0.15, 0.2) is 36.4 Å². The van der Waals surface area contributed by atoms with E-state index >= 15 is 0 Å². The van der Waals surface area contributed by atoms with Crippen molar-refractivity contribution < 1.29 is 14.5 Å². The third kappa shape index (κ3) is 4.89.